The molecule has 0 saturated heterocycles. The minimum Gasteiger partial charge on any atom is -0.481 e. The van der Waals surface area contributed by atoms with Crippen LogP contribution in [0.5, 0.6) is 5.88 Å². The van der Waals surface area contributed by atoms with Crippen molar-refractivity contribution in [2.75, 3.05) is 12.8 Å². The molecular weight excluding hydrogens is 352 g/mol. The summed E-state index contributed by atoms with van der Waals surface area (Å²) in [7, 11) is 1.60. The number of rotatable bonds is 3. The number of aromatic nitrogens is 5. The Bertz CT molecular complexity index is 1150. The molecule has 1 aromatic carbocycles. The molecule has 1 aliphatic rings. The summed E-state index contributed by atoms with van der Waals surface area (Å²) in [5, 5.41) is 5.70. The second kappa shape index (κ2) is 6.60. The van der Waals surface area contributed by atoms with Crippen LogP contribution in [0.2, 0.25) is 0 Å². The zero-order valence-corrected chi connectivity index (χ0v) is 15.5. The smallest absolute Gasteiger partial charge is 0.212 e. The Morgan fingerprint density at radius 2 is 1.93 bits per heavy atom. The zero-order chi connectivity index (χ0) is 19.1. The summed E-state index contributed by atoms with van der Waals surface area (Å²) in [6, 6.07) is 12.6. The van der Waals surface area contributed by atoms with Crippen molar-refractivity contribution < 1.29 is 4.74 Å². The fourth-order valence-corrected chi connectivity index (χ4v) is 3.98. The van der Waals surface area contributed by atoms with Gasteiger partial charge in [0, 0.05) is 17.8 Å². The lowest BCUT2D eigenvalue weighted by Crippen LogP contribution is -2.20. The first-order chi connectivity index (χ1) is 13.7. The van der Waals surface area contributed by atoms with E-state index in [0.717, 1.165) is 41.6 Å². The fraction of sp³-hybridized carbons (Fsp3) is 0.238. The number of ether oxygens (including phenoxy) is 1. The molecule has 0 radical (unpaired) electrons. The fourth-order valence-electron chi connectivity index (χ4n) is 3.98. The number of fused-ring (bicyclic) bond motifs is 2. The van der Waals surface area contributed by atoms with E-state index in [-0.39, 0.29) is 6.04 Å². The normalized spacial score (nSPS) is 16.1. The highest BCUT2D eigenvalue weighted by Gasteiger charge is 2.25. The van der Waals surface area contributed by atoms with Crippen LogP contribution in [0.25, 0.3) is 22.3 Å². The van der Waals surface area contributed by atoms with E-state index in [2.05, 4.69) is 39.2 Å². The van der Waals surface area contributed by atoms with Crippen LogP contribution in [0.3, 0.4) is 0 Å². The Labute approximate surface area is 162 Å². The van der Waals surface area contributed by atoms with Gasteiger partial charge in [-0.15, -0.1) is 0 Å². The van der Waals surface area contributed by atoms with Gasteiger partial charge in [0.2, 0.25) is 5.88 Å². The van der Waals surface area contributed by atoms with Gasteiger partial charge in [-0.25, -0.2) is 19.6 Å². The molecule has 1 atom stereocenters. The highest BCUT2D eigenvalue weighted by molar-refractivity contribution is 5.98. The number of nitrogen functional groups attached to an aromatic ring is 1. The first-order valence-electron chi connectivity index (χ1n) is 9.30. The third-order valence-electron chi connectivity index (χ3n) is 5.40. The maximum absolute atomic E-state index is 6.22. The molecule has 7 heteroatoms. The number of hydrogen-bond donors (Lipinski definition) is 1. The Morgan fingerprint density at radius 3 is 2.71 bits per heavy atom. The number of anilines is 1. The molecule has 0 spiro atoms. The topological polar surface area (TPSA) is 91.7 Å². The Morgan fingerprint density at radius 1 is 1.07 bits per heavy atom. The lowest BCUT2D eigenvalue weighted by atomic mass is 9.88. The van der Waals surface area contributed by atoms with Gasteiger partial charge in [-0.2, -0.15) is 5.10 Å². The van der Waals surface area contributed by atoms with Crippen LogP contribution in [0.1, 0.15) is 23.6 Å². The summed E-state index contributed by atoms with van der Waals surface area (Å²) < 4.78 is 7.18. The molecule has 0 fully saturated rings. The second-order valence-electron chi connectivity index (χ2n) is 7.01. The number of hydrogen-bond acceptors (Lipinski definition) is 6. The predicted octanol–water partition coefficient (Wildman–Crippen LogP) is 3.21. The molecule has 4 aromatic rings. The molecule has 28 heavy (non-hydrogen) atoms. The third kappa shape index (κ3) is 2.67. The molecule has 3 aromatic heterocycles. The molecule has 5 rings (SSSR count). The van der Waals surface area contributed by atoms with E-state index in [1.807, 2.05) is 16.8 Å². The van der Waals surface area contributed by atoms with E-state index in [1.165, 1.54) is 17.5 Å². The number of pyridine rings is 1. The van der Waals surface area contributed by atoms with Gasteiger partial charge in [0.15, 0.2) is 5.65 Å². The minimum absolute atomic E-state index is 0.228. The molecular formula is C21H20N6O. The van der Waals surface area contributed by atoms with Gasteiger partial charge >= 0.3 is 0 Å². The number of benzene rings is 1. The highest BCUT2D eigenvalue weighted by Crippen LogP contribution is 2.35. The highest BCUT2D eigenvalue weighted by atomic mass is 16.5. The molecule has 0 bridgehead atoms. The van der Waals surface area contributed by atoms with E-state index < -0.39 is 0 Å². The molecule has 3 heterocycles. The molecule has 0 aliphatic heterocycles. The van der Waals surface area contributed by atoms with Crippen LogP contribution in [-0.2, 0) is 12.8 Å². The molecule has 7 nitrogen and oxygen atoms in total. The molecule has 140 valence electrons. The zero-order valence-electron chi connectivity index (χ0n) is 15.5. The van der Waals surface area contributed by atoms with Crippen LogP contribution in [-0.4, -0.2) is 31.8 Å². The molecule has 0 amide bonds. The van der Waals surface area contributed by atoms with Gasteiger partial charge in [0.05, 0.1) is 18.5 Å². The van der Waals surface area contributed by atoms with Crippen molar-refractivity contribution in [2.24, 2.45) is 0 Å². The lowest BCUT2D eigenvalue weighted by Gasteiger charge is -2.25. The van der Waals surface area contributed by atoms with Gasteiger partial charge in [-0.1, -0.05) is 24.3 Å². The van der Waals surface area contributed by atoms with Crippen molar-refractivity contribution in [1.29, 1.82) is 0 Å². The molecule has 0 saturated carbocycles. The van der Waals surface area contributed by atoms with Gasteiger partial charge in [0.1, 0.15) is 17.8 Å². The standard InChI is InChI=1S/C21H20N6O/c1-28-17-9-7-15(11-23-17)19-18-20(22)24-12-25-21(18)27(26-19)16-8-6-13-4-2-3-5-14(13)10-16/h2-5,7,9,11-12,16H,6,8,10H2,1H3,(H2,22,24,25). The maximum Gasteiger partial charge on any atom is 0.212 e. The second-order valence-corrected chi connectivity index (χ2v) is 7.01. The minimum atomic E-state index is 0.228. The van der Waals surface area contributed by atoms with Crippen LogP contribution in [0.15, 0.2) is 48.9 Å². The van der Waals surface area contributed by atoms with Crippen molar-refractivity contribution in [2.45, 2.75) is 25.3 Å². The number of nitrogens with zero attached hydrogens (tertiary/aromatic N) is 5. The average Bonchev–Trinajstić information content (AvgIpc) is 3.14. The molecule has 1 aliphatic carbocycles. The third-order valence-corrected chi connectivity index (χ3v) is 5.40. The summed E-state index contributed by atoms with van der Waals surface area (Å²) >= 11 is 0. The largest absolute Gasteiger partial charge is 0.481 e. The van der Waals surface area contributed by atoms with Crippen molar-refractivity contribution in [3.8, 4) is 17.1 Å². The lowest BCUT2D eigenvalue weighted by molar-refractivity contribution is 0.398. The summed E-state index contributed by atoms with van der Waals surface area (Å²) in [6.45, 7) is 0. The van der Waals surface area contributed by atoms with Crippen molar-refractivity contribution in [3.05, 3.63) is 60.0 Å². The SMILES string of the molecule is COc1ccc(-c2nn(C3CCc4ccccc4C3)c3ncnc(N)c23)cn1. The quantitative estimate of drug-likeness (QED) is 0.594. The van der Waals surface area contributed by atoms with Crippen molar-refractivity contribution in [3.63, 3.8) is 0 Å². The van der Waals surface area contributed by atoms with E-state index in [4.69, 9.17) is 15.6 Å². The van der Waals surface area contributed by atoms with Gasteiger partial charge < -0.3 is 10.5 Å². The average molecular weight is 372 g/mol. The predicted molar refractivity (Wildman–Crippen MR) is 107 cm³/mol. The van der Waals surface area contributed by atoms with E-state index in [9.17, 15) is 0 Å². The van der Waals surface area contributed by atoms with E-state index in [1.54, 1.807) is 13.3 Å². The maximum atomic E-state index is 6.22. The number of methoxy groups -OCH3 is 1. The number of aryl methyl sites for hydroxylation is 1. The molecule has 2 N–H and O–H groups in total. The Kier molecular flexibility index (Phi) is 3.93. The first kappa shape index (κ1) is 16.7. The van der Waals surface area contributed by atoms with Gasteiger partial charge in [-0.3, -0.25) is 0 Å². The summed E-state index contributed by atoms with van der Waals surface area (Å²) in [5.41, 5.74) is 11.4. The number of nitrogens with two attached hydrogens (primary N) is 1. The Hall–Kier alpha value is -3.48. The Balaban J connectivity index is 1.63. The van der Waals surface area contributed by atoms with Gasteiger partial charge in [-0.05, 0) is 36.5 Å². The van der Waals surface area contributed by atoms with Gasteiger partial charge in [0.25, 0.3) is 0 Å². The van der Waals surface area contributed by atoms with Crippen LogP contribution in [0.4, 0.5) is 5.82 Å². The van der Waals surface area contributed by atoms with Crippen molar-refractivity contribution in [1.82, 2.24) is 24.7 Å². The van der Waals surface area contributed by atoms with Crippen LogP contribution >= 0.6 is 0 Å². The van der Waals surface area contributed by atoms with Crippen LogP contribution < -0.4 is 10.5 Å². The monoisotopic (exact) mass is 372 g/mol. The first-order valence-corrected chi connectivity index (χ1v) is 9.30. The van der Waals surface area contributed by atoms with Crippen molar-refractivity contribution >= 4 is 16.9 Å². The molecule has 1 unspecified atom stereocenters. The van der Waals surface area contributed by atoms with Crippen LogP contribution in [0, 0.1) is 0 Å². The van der Waals surface area contributed by atoms with E-state index in [0.29, 0.717) is 11.7 Å². The van der Waals surface area contributed by atoms with E-state index >= 15 is 0 Å². The summed E-state index contributed by atoms with van der Waals surface area (Å²) in [5.74, 6) is 0.985. The summed E-state index contributed by atoms with van der Waals surface area (Å²) in [6.07, 6.45) is 6.22. The summed E-state index contributed by atoms with van der Waals surface area (Å²) in [4.78, 5) is 13.0.